The number of amides is 1. The molecular weight excluding hydrogens is 253 g/mol. The summed E-state index contributed by atoms with van der Waals surface area (Å²) in [5.74, 6) is -0.801. The number of benzene rings is 1. The third kappa shape index (κ3) is 2.96. The standard InChI is InChI=1S/C13H16FNO2S/c1-2-15(10-7-8-10)13(16)9-18(17)12-6-4-3-5-11(12)14/h3-6,10H,2,7-9H2,1H3. The maximum absolute atomic E-state index is 13.4. The zero-order chi connectivity index (χ0) is 13.1. The fourth-order valence-corrected chi connectivity index (χ4v) is 2.99. The van der Waals surface area contributed by atoms with Gasteiger partial charge in [0.2, 0.25) is 5.91 Å². The first-order chi connectivity index (χ1) is 8.63. The normalized spacial score (nSPS) is 16.3. The highest BCUT2D eigenvalue weighted by molar-refractivity contribution is 7.85. The van der Waals surface area contributed by atoms with E-state index in [9.17, 15) is 13.4 Å². The van der Waals surface area contributed by atoms with Crippen LogP contribution in [-0.4, -0.2) is 33.4 Å². The number of hydrogen-bond donors (Lipinski definition) is 0. The number of rotatable bonds is 5. The molecule has 98 valence electrons. The molecule has 1 aromatic carbocycles. The quantitative estimate of drug-likeness (QED) is 0.819. The molecule has 1 aliphatic rings. The maximum Gasteiger partial charge on any atom is 0.235 e. The highest BCUT2D eigenvalue weighted by Crippen LogP contribution is 2.26. The fraction of sp³-hybridized carbons (Fsp3) is 0.462. The molecule has 0 radical (unpaired) electrons. The highest BCUT2D eigenvalue weighted by Gasteiger charge is 2.32. The number of halogens is 1. The lowest BCUT2D eigenvalue weighted by Crippen LogP contribution is -2.36. The van der Waals surface area contributed by atoms with E-state index in [2.05, 4.69) is 0 Å². The molecule has 0 aromatic heterocycles. The predicted molar refractivity (Wildman–Crippen MR) is 68.1 cm³/mol. The molecule has 18 heavy (non-hydrogen) atoms. The summed E-state index contributed by atoms with van der Waals surface area (Å²) >= 11 is 0. The number of carbonyl (C=O) groups is 1. The van der Waals surface area contributed by atoms with E-state index in [0.29, 0.717) is 12.6 Å². The van der Waals surface area contributed by atoms with Crippen molar-refractivity contribution in [3.63, 3.8) is 0 Å². The smallest absolute Gasteiger partial charge is 0.235 e. The average molecular weight is 269 g/mol. The second-order valence-electron chi connectivity index (χ2n) is 4.33. The molecule has 1 atom stereocenters. The molecule has 1 unspecified atom stereocenters. The summed E-state index contributed by atoms with van der Waals surface area (Å²) in [7, 11) is -1.60. The first-order valence-electron chi connectivity index (χ1n) is 6.06. The second-order valence-corrected chi connectivity index (χ2v) is 5.75. The Balaban J connectivity index is 2.03. The maximum atomic E-state index is 13.4. The van der Waals surface area contributed by atoms with Gasteiger partial charge in [-0.3, -0.25) is 9.00 Å². The van der Waals surface area contributed by atoms with Gasteiger partial charge in [-0.25, -0.2) is 4.39 Å². The fourth-order valence-electron chi connectivity index (χ4n) is 1.93. The van der Waals surface area contributed by atoms with Crippen LogP contribution in [-0.2, 0) is 15.6 Å². The Kier molecular flexibility index (Phi) is 4.11. The van der Waals surface area contributed by atoms with Crippen LogP contribution >= 0.6 is 0 Å². The lowest BCUT2D eigenvalue weighted by atomic mass is 10.3. The van der Waals surface area contributed by atoms with Gasteiger partial charge < -0.3 is 4.90 Å². The Labute approximate surface area is 108 Å². The lowest BCUT2D eigenvalue weighted by Gasteiger charge is -2.19. The molecule has 0 aliphatic heterocycles. The minimum absolute atomic E-state index is 0.109. The molecule has 1 saturated carbocycles. The van der Waals surface area contributed by atoms with Crippen LogP contribution in [0.25, 0.3) is 0 Å². The van der Waals surface area contributed by atoms with Gasteiger partial charge in [0, 0.05) is 12.6 Å². The Hall–Kier alpha value is -1.23. The molecule has 0 bridgehead atoms. The Morgan fingerprint density at radius 2 is 2.11 bits per heavy atom. The van der Waals surface area contributed by atoms with E-state index in [0.717, 1.165) is 12.8 Å². The van der Waals surface area contributed by atoms with Crippen molar-refractivity contribution in [1.82, 2.24) is 4.90 Å². The Morgan fingerprint density at radius 1 is 1.44 bits per heavy atom. The number of carbonyl (C=O) groups excluding carboxylic acids is 1. The minimum Gasteiger partial charge on any atom is -0.339 e. The summed E-state index contributed by atoms with van der Waals surface area (Å²) < 4.78 is 25.4. The zero-order valence-electron chi connectivity index (χ0n) is 10.3. The molecule has 0 heterocycles. The van der Waals surface area contributed by atoms with Gasteiger partial charge in [0.15, 0.2) is 0 Å². The van der Waals surface area contributed by atoms with Crippen molar-refractivity contribution >= 4 is 16.7 Å². The van der Waals surface area contributed by atoms with Gasteiger partial charge in [0.05, 0.1) is 15.7 Å². The molecule has 0 spiro atoms. The van der Waals surface area contributed by atoms with Crippen LogP contribution in [0.2, 0.25) is 0 Å². The summed E-state index contributed by atoms with van der Waals surface area (Å²) in [6.45, 7) is 2.53. The third-order valence-corrected chi connectivity index (χ3v) is 4.32. The molecule has 1 aromatic rings. The topological polar surface area (TPSA) is 37.4 Å². The van der Waals surface area contributed by atoms with Gasteiger partial charge in [-0.2, -0.15) is 0 Å². The summed E-state index contributed by atoms with van der Waals surface area (Å²) in [6, 6.07) is 6.20. The van der Waals surface area contributed by atoms with Crippen molar-refractivity contribution in [3.8, 4) is 0 Å². The molecule has 5 heteroatoms. The van der Waals surface area contributed by atoms with E-state index in [1.54, 1.807) is 17.0 Å². The van der Waals surface area contributed by atoms with Gasteiger partial charge in [-0.1, -0.05) is 12.1 Å². The molecule has 0 N–H and O–H groups in total. The molecule has 1 amide bonds. The van der Waals surface area contributed by atoms with Crippen molar-refractivity contribution in [2.24, 2.45) is 0 Å². The average Bonchev–Trinajstić information content (AvgIpc) is 3.15. The first-order valence-corrected chi connectivity index (χ1v) is 7.37. The highest BCUT2D eigenvalue weighted by atomic mass is 32.2. The molecular formula is C13H16FNO2S. The van der Waals surface area contributed by atoms with Crippen LogP contribution in [0.15, 0.2) is 29.2 Å². The van der Waals surface area contributed by atoms with E-state index in [-0.39, 0.29) is 16.6 Å². The van der Waals surface area contributed by atoms with Gasteiger partial charge >= 0.3 is 0 Å². The van der Waals surface area contributed by atoms with Gasteiger partial charge in [0.25, 0.3) is 0 Å². The Morgan fingerprint density at radius 3 is 2.67 bits per heavy atom. The van der Waals surface area contributed by atoms with E-state index in [1.807, 2.05) is 6.92 Å². The van der Waals surface area contributed by atoms with E-state index < -0.39 is 16.6 Å². The lowest BCUT2D eigenvalue weighted by molar-refractivity contribution is -0.128. The summed E-state index contributed by atoms with van der Waals surface area (Å²) in [6.07, 6.45) is 2.04. The van der Waals surface area contributed by atoms with Crippen molar-refractivity contribution in [2.45, 2.75) is 30.7 Å². The molecule has 1 aliphatic carbocycles. The SMILES string of the molecule is CCN(C(=O)CS(=O)c1ccccc1F)C1CC1. The van der Waals surface area contributed by atoms with E-state index >= 15 is 0 Å². The monoisotopic (exact) mass is 269 g/mol. The minimum atomic E-state index is -1.60. The van der Waals surface area contributed by atoms with E-state index in [1.165, 1.54) is 12.1 Å². The summed E-state index contributed by atoms with van der Waals surface area (Å²) in [4.78, 5) is 13.8. The van der Waals surface area contributed by atoms with Gasteiger partial charge in [0.1, 0.15) is 11.6 Å². The third-order valence-electron chi connectivity index (χ3n) is 2.99. The van der Waals surface area contributed by atoms with Gasteiger partial charge in [-0.05, 0) is 31.9 Å². The molecule has 2 rings (SSSR count). The predicted octanol–water partition coefficient (Wildman–Crippen LogP) is 1.94. The van der Waals surface area contributed by atoms with Crippen LogP contribution in [0.5, 0.6) is 0 Å². The van der Waals surface area contributed by atoms with Crippen LogP contribution in [0, 0.1) is 5.82 Å². The van der Waals surface area contributed by atoms with Crippen LogP contribution in [0.4, 0.5) is 4.39 Å². The largest absolute Gasteiger partial charge is 0.339 e. The van der Waals surface area contributed by atoms with Crippen molar-refractivity contribution < 1.29 is 13.4 Å². The van der Waals surface area contributed by atoms with Crippen molar-refractivity contribution in [3.05, 3.63) is 30.1 Å². The van der Waals surface area contributed by atoms with Crippen LogP contribution < -0.4 is 0 Å². The van der Waals surface area contributed by atoms with Crippen molar-refractivity contribution in [2.75, 3.05) is 12.3 Å². The zero-order valence-corrected chi connectivity index (χ0v) is 11.1. The molecule has 0 saturated heterocycles. The number of hydrogen-bond acceptors (Lipinski definition) is 2. The molecule has 3 nitrogen and oxygen atoms in total. The summed E-state index contributed by atoms with van der Waals surface area (Å²) in [5, 5.41) is 0. The van der Waals surface area contributed by atoms with Crippen LogP contribution in [0.1, 0.15) is 19.8 Å². The second kappa shape index (κ2) is 5.61. The summed E-state index contributed by atoms with van der Waals surface area (Å²) in [5.41, 5.74) is 0. The van der Waals surface area contributed by atoms with E-state index in [4.69, 9.17) is 0 Å². The molecule has 1 fully saturated rings. The number of nitrogens with zero attached hydrogens (tertiary/aromatic N) is 1. The van der Waals surface area contributed by atoms with Crippen molar-refractivity contribution in [1.29, 1.82) is 0 Å². The first kappa shape index (κ1) is 13.2. The van der Waals surface area contributed by atoms with Gasteiger partial charge in [-0.15, -0.1) is 0 Å². The van der Waals surface area contributed by atoms with Crippen LogP contribution in [0.3, 0.4) is 0 Å². The Bertz CT molecular complexity index is 474.